The quantitative estimate of drug-likeness (QED) is 0.760. The molecule has 0 bridgehead atoms. The lowest BCUT2D eigenvalue weighted by atomic mass is 9.92. The number of amides is 1. The topological polar surface area (TPSA) is 67.9 Å². The van der Waals surface area contributed by atoms with Crippen molar-refractivity contribution in [2.75, 3.05) is 27.2 Å². The molecule has 6 nitrogen and oxygen atoms in total. The summed E-state index contributed by atoms with van der Waals surface area (Å²) in [6, 6.07) is 0.0335. The molecule has 1 N–H and O–H groups in total. The van der Waals surface area contributed by atoms with E-state index < -0.39 is 5.60 Å². The molecule has 1 fully saturated rings. The monoisotopic (exact) mass is 272 g/mol. The Labute approximate surface area is 114 Å². The summed E-state index contributed by atoms with van der Waals surface area (Å²) < 4.78 is 10.1. The van der Waals surface area contributed by atoms with Gasteiger partial charge in [0.15, 0.2) is 0 Å². The second-order valence-corrected chi connectivity index (χ2v) is 5.74. The molecule has 110 valence electrons. The van der Waals surface area contributed by atoms with Crippen LogP contribution in [-0.2, 0) is 14.3 Å². The normalized spacial score (nSPS) is 23.9. The second kappa shape index (κ2) is 6.23. The number of esters is 1. The summed E-state index contributed by atoms with van der Waals surface area (Å²) in [5.41, 5.74) is -0.530. The van der Waals surface area contributed by atoms with E-state index in [1.54, 1.807) is 4.90 Å². The third-order valence-corrected chi connectivity index (χ3v) is 3.14. The zero-order valence-electron chi connectivity index (χ0n) is 12.4. The number of rotatable bonds is 2. The van der Waals surface area contributed by atoms with Crippen LogP contribution in [0.3, 0.4) is 0 Å². The molecule has 0 spiro atoms. The molecule has 0 saturated carbocycles. The molecule has 1 amide bonds. The van der Waals surface area contributed by atoms with Crippen LogP contribution in [0, 0.1) is 5.92 Å². The highest BCUT2D eigenvalue weighted by Crippen LogP contribution is 2.20. The first-order valence-corrected chi connectivity index (χ1v) is 6.51. The van der Waals surface area contributed by atoms with E-state index in [0.717, 1.165) is 0 Å². The zero-order chi connectivity index (χ0) is 14.6. The van der Waals surface area contributed by atoms with Crippen LogP contribution in [0.1, 0.15) is 27.2 Å². The number of methoxy groups -OCH3 is 1. The Morgan fingerprint density at radius 1 is 1.32 bits per heavy atom. The molecule has 1 heterocycles. The first kappa shape index (κ1) is 15.8. The highest BCUT2D eigenvalue weighted by atomic mass is 16.6. The average molecular weight is 272 g/mol. The van der Waals surface area contributed by atoms with Crippen LogP contribution < -0.4 is 5.32 Å². The molecule has 1 aliphatic heterocycles. The van der Waals surface area contributed by atoms with Gasteiger partial charge in [0.05, 0.1) is 13.0 Å². The van der Waals surface area contributed by atoms with Crippen molar-refractivity contribution in [3.05, 3.63) is 0 Å². The first-order valence-electron chi connectivity index (χ1n) is 6.51. The lowest BCUT2D eigenvalue weighted by molar-refractivity contribution is -0.148. The Hall–Kier alpha value is -1.30. The number of ether oxygens (including phenoxy) is 2. The van der Waals surface area contributed by atoms with E-state index in [2.05, 4.69) is 5.32 Å². The molecule has 2 atom stereocenters. The minimum absolute atomic E-state index is 0.0335. The first-order chi connectivity index (χ1) is 8.78. The number of likely N-dealkylation sites (tertiary alicyclic amines) is 1. The standard InChI is InChI=1S/C13H24N2O4/c1-13(2,3)19-12(17)15-7-6-10(14-4)9(8-15)11(16)18-5/h9-10,14H,6-8H2,1-5H3. The predicted molar refractivity (Wildman–Crippen MR) is 70.8 cm³/mol. The molecule has 0 radical (unpaired) electrons. The van der Waals surface area contributed by atoms with E-state index in [1.165, 1.54) is 7.11 Å². The number of hydrogen-bond donors (Lipinski definition) is 1. The van der Waals surface area contributed by atoms with Gasteiger partial charge in [0.25, 0.3) is 0 Å². The molecule has 19 heavy (non-hydrogen) atoms. The fourth-order valence-electron chi connectivity index (χ4n) is 2.18. The Morgan fingerprint density at radius 3 is 2.42 bits per heavy atom. The van der Waals surface area contributed by atoms with E-state index in [1.807, 2.05) is 27.8 Å². The maximum absolute atomic E-state index is 12.0. The van der Waals surface area contributed by atoms with Gasteiger partial charge < -0.3 is 19.7 Å². The SMILES string of the molecule is CNC1CCN(C(=O)OC(C)(C)C)CC1C(=O)OC. The van der Waals surface area contributed by atoms with Crippen LogP contribution in [0.25, 0.3) is 0 Å². The fourth-order valence-corrected chi connectivity index (χ4v) is 2.18. The summed E-state index contributed by atoms with van der Waals surface area (Å²) >= 11 is 0. The van der Waals surface area contributed by atoms with Gasteiger partial charge >= 0.3 is 12.1 Å². The third-order valence-electron chi connectivity index (χ3n) is 3.14. The maximum Gasteiger partial charge on any atom is 0.410 e. The fraction of sp³-hybridized carbons (Fsp3) is 0.846. The van der Waals surface area contributed by atoms with Gasteiger partial charge in [-0.1, -0.05) is 0 Å². The summed E-state index contributed by atoms with van der Waals surface area (Å²) in [6.07, 6.45) is 0.325. The Kier molecular flexibility index (Phi) is 5.17. The van der Waals surface area contributed by atoms with Crippen LogP contribution in [-0.4, -0.2) is 55.9 Å². The van der Waals surface area contributed by atoms with Crippen LogP contribution in [0.4, 0.5) is 4.79 Å². The van der Waals surface area contributed by atoms with Gasteiger partial charge in [0, 0.05) is 19.1 Å². The van der Waals surface area contributed by atoms with Crippen molar-refractivity contribution >= 4 is 12.1 Å². The number of carbonyl (C=O) groups excluding carboxylic acids is 2. The highest BCUT2D eigenvalue weighted by Gasteiger charge is 2.37. The molecular formula is C13H24N2O4. The van der Waals surface area contributed by atoms with Crippen molar-refractivity contribution < 1.29 is 19.1 Å². The molecule has 6 heteroatoms. The van der Waals surface area contributed by atoms with Crippen molar-refractivity contribution in [2.45, 2.75) is 38.8 Å². The Bertz CT molecular complexity index is 338. The summed E-state index contributed by atoms with van der Waals surface area (Å²) in [5, 5.41) is 3.10. The van der Waals surface area contributed by atoms with E-state index >= 15 is 0 Å². The zero-order valence-corrected chi connectivity index (χ0v) is 12.4. The molecule has 1 rings (SSSR count). The number of nitrogens with zero attached hydrogens (tertiary/aromatic N) is 1. The van der Waals surface area contributed by atoms with Crippen LogP contribution in [0.2, 0.25) is 0 Å². The molecule has 1 aliphatic rings. The predicted octanol–water partition coefficient (Wildman–Crippen LogP) is 1.00. The molecule has 0 aromatic rings. The third kappa shape index (κ3) is 4.38. The molecule has 0 aromatic heterocycles. The molecule has 1 saturated heterocycles. The largest absolute Gasteiger partial charge is 0.469 e. The minimum atomic E-state index is -0.530. The van der Waals surface area contributed by atoms with E-state index in [-0.39, 0.29) is 24.0 Å². The number of hydrogen-bond acceptors (Lipinski definition) is 5. The van der Waals surface area contributed by atoms with E-state index in [9.17, 15) is 9.59 Å². The van der Waals surface area contributed by atoms with E-state index in [0.29, 0.717) is 19.5 Å². The van der Waals surface area contributed by atoms with Crippen molar-refractivity contribution in [1.82, 2.24) is 10.2 Å². The van der Waals surface area contributed by atoms with Gasteiger partial charge in [-0.3, -0.25) is 4.79 Å². The highest BCUT2D eigenvalue weighted by molar-refractivity contribution is 5.75. The smallest absolute Gasteiger partial charge is 0.410 e. The van der Waals surface area contributed by atoms with Gasteiger partial charge in [0.1, 0.15) is 5.60 Å². The number of carbonyl (C=O) groups is 2. The van der Waals surface area contributed by atoms with Crippen LogP contribution in [0.15, 0.2) is 0 Å². The molecule has 0 aliphatic carbocycles. The van der Waals surface area contributed by atoms with Crippen molar-refractivity contribution in [2.24, 2.45) is 5.92 Å². The van der Waals surface area contributed by atoms with Gasteiger partial charge in [-0.25, -0.2) is 4.79 Å². The summed E-state index contributed by atoms with van der Waals surface area (Å²) in [7, 11) is 3.17. The van der Waals surface area contributed by atoms with E-state index in [4.69, 9.17) is 9.47 Å². The minimum Gasteiger partial charge on any atom is -0.469 e. The second-order valence-electron chi connectivity index (χ2n) is 5.74. The van der Waals surface area contributed by atoms with Gasteiger partial charge in [-0.05, 0) is 34.2 Å². The summed E-state index contributed by atoms with van der Waals surface area (Å²) in [4.78, 5) is 25.3. The van der Waals surface area contributed by atoms with Crippen molar-refractivity contribution in [3.63, 3.8) is 0 Å². The molecule has 2 unspecified atom stereocenters. The van der Waals surface area contributed by atoms with Crippen molar-refractivity contribution in [3.8, 4) is 0 Å². The maximum atomic E-state index is 12.0. The van der Waals surface area contributed by atoms with Crippen LogP contribution in [0.5, 0.6) is 0 Å². The molecular weight excluding hydrogens is 248 g/mol. The van der Waals surface area contributed by atoms with Gasteiger partial charge in [-0.15, -0.1) is 0 Å². The Balaban J connectivity index is 2.69. The average Bonchev–Trinajstić information content (AvgIpc) is 2.35. The molecule has 0 aromatic carbocycles. The van der Waals surface area contributed by atoms with Gasteiger partial charge in [-0.2, -0.15) is 0 Å². The van der Waals surface area contributed by atoms with Crippen molar-refractivity contribution in [1.29, 1.82) is 0 Å². The lowest BCUT2D eigenvalue weighted by Gasteiger charge is -2.37. The summed E-state index contributed by atoms with van der Waals surface area (Å²) in [5.74, 6) is -0.649. The van der Waals surface area contributed by atoms with Gasteiger partial charge in [0.2, 0.25) is 0 Å². The Morgan fingerprint density at radius 2 is 1.95 bits per heavy atom. The lowest BCUT2D eigenvalue weighted by Crippen LogP contribution is -2.53. The summed E-state index contributed by atoms with van der Waals surface area (Å²) in [6.45, 7) is 6.37. The van der Waals surface area contributed by atoms with Crippen LogP contribution >= 0.6 is 0 Å². The number of nitrogens with one attached hydrogen (secondary N) is 1. The number of piperidine rings is 1.